The zero-order valence-corrected chi connectivity index (χ0v) is 18.6. The summed E-state index contributed by atoms with van der Waals surface area (Å²) in [4.78, 5) is 8.85. The third-order valence-electron chi connectivity index (χ3n) is 4.01. The number of hydrogen-bond acceptors (Lipinski definition) is 3. The van der Waals surface area contributed by atoms with Gasteiger partial charge in [-0.25, -0.2) is 0 Å². The van der Waals surface area contributed by atoms with Crippen LogP contribution < -0.4 is 10.6 Å². The molecule has 0 aliphatic carbocycles. The molecule has 0 atom stereocenters. The van der Waals surface area contributed by atoms with Gasteiger partial charge < -0.3 is 10.6 Å². The molecule has 1 aliphatic rings. The normalized spacial score (nSPS) is 17.4. The second-order valence-electron chi connectivity index (χ2n) is 7.39. The Labute approximate surface area is 168 Å². The predicted octanol–water partition coefficient (Wildman–Crippen LogP) is 3.93. The number of aliphatic imine (C=N–C) groups is 1. The maximum Gasteiger partial charge on any atom is 0.191 e. The topological polar surface area (TPSA) is 39.7 Å². The van der Waals surface area contributed by atoms with Gasteiger partial charge in [-0.1, -0.05) is 6.07 Å². The van der Waals surface area contributed by atoms with Crippen molar-refractivity contribution in [2.75, 3.05) is 26.2 Å². The minimum atomic E-state index is 0. The summed E-state index contributed by atoms with van der Waals surface area (Å²) in [5, 5.41) is 8.98. The maximum absolute atomic E-state index is 4.80. The van der Waals surface area contributed by atoms with Crippen molar-refractivity contribution in [3.63, 3.8) is 0 Å². The highest BCUT2D eigenvalue weighted by atomic mass is 127. The van der Waals surface area contributed by atoms with E-state index < -0.39 is 0 Å². The lowest BCUT2D eigenvalue weighted by Crippen LogP contribution is -2.47. The van der Waals surface area contributed by atoms with E-state index in [0.29, 0.717) is 5.92 Å². The lowest BCUT2D eigenvalue weighted by molar-refractivity contribution is 0.182. The van der Waals surface area contributed by atoms with Gasteiger partial charge in [-0.15, -0.1) is 35.3 Å². The van der Waals surface area contributed by atoms with Gasteiger partial charge >= 0.3 is 0 Å². The Morgan fingerprint density at radius 1 is 1.33 bits per heavy atom. The molecule has 1 aromatic rings. The smallest absolute Gasteiger partial charge is 0.191 e. The molecule has 1 aromatic heterocycles. The second-order valence-corrected chi connectivity index (χ2v) is 8.43. The van der Waals surface area contributed by atoms with Crippen molar-refractivity contribution >= 4 is 41.3 Å². The minimum Gasteiger partial charge on any atom is -0.357 e. The molecule has 24 heavy (non-hydrogen) atoms. The van der Waals surface area contributed by atoms with Gasteiger partial charge in [-0.2, -0.15) is 0 Å². The number of nitrogens with zero attached hydrogens (tertiary/aromatic N) is 2. The van der Waals surface area contributed by atoms with E-state index >= 15 is 0 Å². The van der Waals surface area contributed by atoms with E-state index in [1.807, 2.05) is 11.3 Å². The molecule has 2 heterocycles. The molecule has 4 nitrogen and oxygen atoms in total. The number of hydrogen-bond donors (Lipinski definition) is 2. The van der Waals surface area contributed by atoms with Crippen LogP contribution in [0, 0.1) is 5.92 Å². The zero-order chi connectivity index (χ0) is 16.7. The molecule has 0 bridgehead atoms. The van der Waals surface area contributed by atoms with Gasteiger partial charge in [0.25, 0.3) is 0 Å². The fourth-order valence-corrected chi connectivity index (χ4v) is 3.58. The van der Waals surface area contributed by atoms with Crippen LogP contribution in [0.2, 0.25) is 0 Å². The third kappa shape index (κ3) is 8.16. The number of halogens is 1. The molecule has 0 aromatic carbocycles. The molecule has 1 saturated heterocycles. The van der Waals surface area contributed by atoms with Crippen LogP contribution in [0.4, 0.5) is 0 Å². The Hall–Kier alpha value is -0.340. The van der Waals surface area contributed by atoms with E-state index in [1.54, 1.807) is 0 Å². The van der Waals surface area contributed by atoms with Crippen LogP contribution in [0.25, 0.3) is 0 Å². The number of thiophene rings is 1. The average Bonchev–Trinajstić information content (AvgIpc) is 2.98. The first kappa shape index (κ1) is 21.7. The maximum atomic E-state index is 4.80. The molecule has 1 aliphatic heterocycles. The Morgan fingerprint density at radius 3 is 2.58 bits per heavy atom. The van der Waals surface area contributed by atoms with Crippen LogP contribution in [0.15, 0.2) is 22.5 Å². The Balaban J connectivity index is 0.00000288. The highest BCUT2D eigenvalue weighted by Gasteiger charge is 2.20. The molecule has 0 saturated carbocycles. The Kier molecular flexibility index (Phi) is 9.59. The van der Waals surface area contributed by atoms with Crippen LogP contribution in [-0.2, 0) is 6.54 Å². The monoisotopic (exact) mass is 464 g/mol. The summed E-state index contributed by atoms with van der Waals surface area (Å²) < 4.78 is 0. The minimum absolute atomic E-state index is 0. The van der Waals surface area contributed by atoms with Crippen molar-refractivity contribution in [2.45, 2.75) is 52.6 Å². The van der Waals surface area contributed by atoms with Crippen molar-refractivity contribution in [2.24, 2.45) is 10.9 Å². The first-order chi connectivity index (χ1) is 11.0. The van der Waals surface area contributed by atoms with Crippen LogP contribution in [0.5, 0.6) is 0 Å². The summed E-state index contributed by atoms with van der Waals surface area (Å²) in [5.74, 6) is 1.66. The van der Waals surface area contributed by atoms with Crippen LogP contribution in [0.3, 0.4) is 0 Å². The molecular weight excluding hydrogens is 431 g/mol. The Bertz CT molecular complexity index is 474. The van der Waals surface area contributed by atoms with Gasteiger partial charge in [0.05, 0.1) is 0 Å². The average molecular weight is 464 g/mol. The second kappa shape index (κ2) is 10.6. The molecule has 0 spiro atoms. The van der Waals surface area contributed by atoms with Crippen LogP contribution in [-0.4, -0.2) is 42.6 Å². The van der Waals surface area contributed by atoms with Gasteiger partial charge in [0, 0.05) is 30.1 Å². The van der Waals surface area contributed by atoms with E-state index in [1.165, 1.54) is 30.8 Å². The predicted molar refractivity (Wildman–Crippen MR) is 117 cm³/mol. The lowest BCUT2D eigenvalue weighted by Gasteiger charge is -2.31. The summed E-state index contributed by atoms with van der Waals surface area (Å²) in [6, 6.07) is 4.38. The fraction of sp³-hybridized carbons (Fsp3) is 0.722. The molecule has 1 fully saturated rings. The number of piperidine rings is 1. The van der Waals surface area contributed by atoms with E-state index in [4.69, 9.17) is 4.99 Å². The number of likely N-dealkylation sites (tertiary alicyclic amines) is 1. The number of guanidine groups is 1. The molecule has 0 radical (unpaired) electrons. The van der Waals surface area contributed by atoms with Gasteiger partial charge in [0.1, 0.15) is 0 Å². The van der Waals surface area contributed by atoms with E-state index in [2.05, 4.69) is 60.7 Å². The van der Waals surface area contributed by atoms with Gasteiger partial charge in [0.2, 0.25) is 0 Å². The molecule has 6 heteroatoms. The summed E-state index contributed by atoms with van der Waals surface area (Å²) >= 11 is 1.86. The van der Waals surface area contributed by atoms with Crippen LogP contribution >= 0.6 is 35.3 Å². The molecule has 0 amide bonds. The van der Waals surface area contributed by atoms with E-state index in [-0.39, 0.29) is 29.5 Å². The van der Waals surface area contributed by atoms with Gasteiger partial charge in [-0.3, -0.25) is 9.89 Å². The standard InChI is InChI=1S/C18H32N4S.HI/c1-5-19-17(21-18(2,3)4)20-13-15-8-10-22(11-9-15)14-16-7-6-12-23-16;/h6-7,12,15H,5,8-11,13-14H2,1-4H3,(H2,19,20,21);1H. The Morgan fingerprint density at radius 2 is 2.04 bits per heavy atom. The number of rotatable bonds is 5. The quantitative estimate of drug-likeness (QED) is 0.394. The van der Waals surface area contributed by atoms with Crippen molar-refractivity contribution in [3.8, 4) is 0 Å². The fourth-order valence-electron chi connectivity index (χ4n) is 2.83. The summed E-state index contributed by atoms with van der Waals surface area (Å²) in [5.41, 5.74) is 0.0467. The van der Waals surface area contributed by atoms with Gasteiger partial charge in [0.15, 0.2) is 5.96 Å². The van der Waals surface area contributed by atoms with E-state index in [0.717, 1.165) is 25.6 Å². The molecule has 138 valence electrons. The van der Waals surface area contributed by atoms with Crippen molar-refractivity contribution in [1.29, 1.82) is 0 Å². The molecule has 2 N–H and O–H groups in total. The van der Waals surface area contributed by atoms with E-state index in [9.17, 15) is 0 Å². The van der Waals surface area contributed by atoms with Crippen molar-refractivity contribution in [1.82, 2.24) is 15.5 Å². The van der Waals surface area contributed by atoms with Crippen molar-refractivity contribution in [3.05, 3.63) is 22.4 Å². The lowest BCUT2D eigenvalue weighted by atomic mass is 9.97. The summed E-state index contributed by atoms with van der Waals surface area (Å²) in [6.07, 6.45) is 2.51. The molecule has 2 rings (SSSR count). The first-order valence-corrected chi connectivity index (χ1v) is 9.65. The van der Waals surface area contributed by atoms with Crippen LogP contribution in [0.1, 0.15) is 45.4 Å². The summed E-state index contributed by atoms with van der Waals surface area (Å²) in [7, 11) is 0. The zero-order valence-electron chi connectivity index (χ0n) is 15.5. The SMILES string of the molecule is CCNC(=NCC1CCN(Cc2cccs2)CC1)NC(C)(C)C.I. The highest BCUT2D eigenvalue weighted by Crippen LogP contribution is 2.20. The molecular formula is C18H33IN4S. The number of nitrogens with one attached hydrogen (secondary N) is 2. The highest BCUT2D eigenvalue weighted by molar-refractivity contribution is 14.0. The molecule has 0 unspecified atom stereocenters. The van der Waals surface area contributed by atoms with Gasteiger partial charge in [-0.05, 0) is 71.0 Å². The largest absolute Gasteiger partial charge is 0.357 e. The summed E-state index contributed by atoms with van der Waals surface area (Å²) in [6.45, 7) is 14.0. The van der Waals surface area contributed by atoms with Crippen molar-refractivity contribution < 1.29 is 0 Å². The third-order valence-corrected chi connectivity index (χ3v) is 4.87. The first-order valence-electron chi connectivity index (χ1n) is 8.77.